The lowest BCUT2D eigenvalue weighted by atomic mass is 9.67. The Morgan fingerprint density at radius 2 is 1.73 bits per heavy atom. The van der Waals surface area contributed by atoms with Crippen LogP contribution in [0.4, 0.5) is 0 Å². The molecular formula is C18H26BNO2. The molecule has 0 radical (unpaired) electrons. The molecule has 22 heavy (non-hydrogen) atoms. The molecule has 2 heterocycles. The van der Waals surface area contributed by atoms with Gasteiger partial charge in [-0.25, -0.2) is 0 Å². The molecule has 1 aromatic carbocycles. The van der Waals surface area contributed by atoms with Crippen molar-refractivity contribution in [3.8, 4) is 0 Å². The third-order valence-corrected chi connectivity index (χ3v) is 6.25. The molecule has 2 saturated heterocycles. The zero-order valence-corrected chi connectivity index (χ0v) is 14.1. The zero-order valence-electron chi connectivity index (χ0n) is 14.1. The Labute approximate surface area is 134 Å². The van der Waals surface area contributed by atoms with Crippen molar-refractivity contribution in [2.24, 2.45) is 5.92 Å². The lowest BCUT2D eigenvalue weighted by molar-refractivity contribution is 0.00578. The van der Waals surface area contributed by atoms with E-state index in [9.17, 15) is 0 Å². The molecule has 2 unspecified atom stereocenters. The van der Waals surface area contributed by atoms with E-state index in [1.54, 1.807) is 0 Å². The van der Waals surface area contributed by atoms with Crippen molar-refractivity contribution < 1.29 is 9.31 Å². The molecule has 0 amide bonds. The molecule has 2 aliphatic heterocycles. The number of rotatable bonds is 3. The smallest absolute Gasteiger partial charge is 0.403 e. The van der Waals surface area contributed by atoms with Crippen LogP contribution < -0.4 is 0 Å². The van der Waals surface area contributed by atoms with Crippen LogP contribution in [0, 0.1) is 5.92 Å². The number of piperidine rings is 1. The molecule has 1 saturated carbocycles. The summed E-state index contributed by atoms with van der Waals surface area (Å²) >= 11 is 0. The van der Waals surface area contributed by atoms with E-state index in [4.69, 9.17) is 9.31 Å². The minimum absolute atomic E-state index is 0.0386. The topological polar surface area (TPSA) is 21.7 Å². The number of likely N-dealkylation sites (tertiary alicyclic amines) is 1. The van der Waals surface area contributed by atoms with E-state index in [1.807, 2.05) is 0 Å². The first kappa shape index (κ1) is 14.7. The molecule has 0 aromatic heterocycles. The lowest BCUT2D eigenvalue weighted by Gasteiger charge is -2.32. The van der Waals surface area contributed by atoms with Crippen LogP contribution in [0.5, 0.6) is 0 Å². The highest BCUT2D eigenvalue weighted by Crippen LogP contribution is 2.68. The molecule has 3 nitrogen and oxygen atoms in total. The predicted molar refractivity (Wildman–Crippen MR) is 88.6 cm³/mol. The van der Waals surface area contributed by atoms with E-state index >= 15 is 0 Å². The Kier molecular flexibility index (Phi) is 3.08. The van der Waals surface area contributed by atoms with Gasteiger partial charge in [0.2, 0.25) is 0 Å². The third-order valence-electron chi connectivity index (χ3n) is 6.25. The molecule has 0 spiro atoms. The normalized spacial score (nSPS) is 35.6. The summed E-state index contributed by atoms with van der Waals surface area (Å²) in [5, 5.41) is 0.236. The Hall–Kier alpha value is -0.835. The van der Waals surface area contributed by atoms with E-state index < -0.39 is 0 Å². The maximum atomic E-state index is 6.34. The SMILES string of the molecule is CC1(C)OB(C23CC2CN(Cc2ccccc2)C3)OC1(C)C. The summed E-state index contributed by atoms with van der Waals surface area (Å²) in [6.45, 7) is 11.9. The van der Waals surface area contributed by atoms with Gasteiger partial charge in [0.05, 0.1) is 11.2 Å². The van der Waals surface area contributed by atoms with Crippen molar-refractivity contribution in [1.29, 1.82) is 0 Å². The highest BCUT2D eigenvalue weighted by atomic mass is 16.7. The van der Waals surface area contributed by atoms with Crippen LogP contribution >= 0.6 is 0 Å². The van der Waals surface area contributed by atoms with E-state index in [0.717, 1.165) is 19.0 Å². The van der Waals surface area contributed by atoms with Crippen LogP contribution in [0.25, 0.3) is 0 Å². The maximum Gasteiger partial charge on any atom is 0.466 e. The lowest BCUT2D eigenvalue weighted by Crippen LogP contribution is -2.41. The van der Waals surface area contributed by atoms with Crippen LogP contribution in [0.2, 0.25) is 5.31 Å². The van der Waals surface area contributed by atoms with E-state index in [1.165, 1.54) is 18.5 Å². The summed E-state index contributed by atoms with van der Waals surface area (Å²) < 4.78 is 12.7. The number of hydrogen-bond acceptors (Lipinski definition) is 3. The monoisotopic (exact) mass is 299 g/mol. The van der Waals surface area contributed by atoms with Gasteiger partial charge in [-0.15, -0.1) is 0 Å². The summed E-state index contributed by atoms with van der Waals surface area (Å²) in [6, 6.07) is 10.7. The number of nitrogens with zero attached hydrogens (tertiary/aromatic N) is 1. The van der Waals surface area contributed by atoms with Gasteiger partial charge in [-0.1, -0.05) is 30.3 Å². The minimum Gasteiger partial charge on any atom is -0.403 e. The van der Waals surface area contributed by atoms with Gasteiger partial charge >= 0.3 is 7.12 Å². The Morgan fingerprint density at radius 1 is 1.09 bits per heavy atom. The predicted octanol–water partition coefficient (Wildman–Crippen LogP) is 3.35. The van der Waals surface area contributed by atoms with Crippen molar-refractivity contribution >= 4 is 7.12 Å². The maximum absolute atomic E-state index is 6.34. The number of hydrogen-bond donors (Lipinski definition) is 0. The summed E-state index contributed by atoms with van der Waals surface area (Å²) in [6.07, 6.45) is 1.26. The fraction of sp³-hybridized carbons (Fsp3) is 0.667. The average molecular weight is 299 g/mol. The van der Waals surface area contributed by atoms with Crippen molar-refractivity contribution in [3.05, 3.63) is 35.9 Å². The van der Waals surface area contributed by atoms with E-state index in [-0.39, 0.29) is 23.6 Å². The fourth-order valence-electron chi connectivity index (χ4n) is 4.04. The summed E-state index contributed by atoms with van der Waals surface area (Å²) in [7, 11) is -0.0386. The van der Waals surface area contributed by atoms with Gasteiger partial charge in [-0.05, 0) is 45.6 Å². The van der Waals surface area contributed by atoms with Crippen molar-refractivity contribution in [3.63, 3.8) is 0 Å². The fourth-order valence-corrected chi connectivity index (χ4v) is 4.04. The minimum atomic E-state index is -0.216. The molecule has 4 heteroatoms. The second kappa shape index (κ2) is 4.59. The first-order valence-corrected chi connectivity index (χ1v) is 8.44. The van der Waals surface area contributed by atoms with Gasteiger partial charge < -0.3 is 9.31 Å². The van der Waals surface area contributed by atoms with Crippen LogP contribution in [-0.2, 0) is 15.9 Å². The molecule has 3 aliphatic rings. The Bertz CT molecular complexity index is 558. The average Bonchev–Trinajstić information content (AvgIpc) is 2.92. The van der Waals surface area contributed by atoms with E-state index in [0.29, 0.717) is 0 Å². The van der Waals surface area contributed by atoms with Crippen molar-refractivity contribution in [2.45, 2.75) is 57.2 Å². The first-order valence-electron chi connectivity index (χ1n) is 8.44. The van der Waals surface area contributed by atoms with Gasteiger partial charge in [0.25, 0.3) is 0 Å². The second-order valence-electron chi connectivity index (χ2n) is 8.38. The van der Waals surface area contributed by atoms with Crippen LogP contribution in [0.15, 0.2) is 30.3 Å². The molecule has 1 aromatic rings. The molecule has 1 aliphatic carbocycles. The third kappa shape index (κ3) is 2.16. The molecule has 3 fully saturated rings. The quantitative estimate of drug-likeness (QED) is 0.799. The van der Waals surface area contributed by atoms with Gasteiger partial charge in [-0.2, -0.15) is 0 Å². The van der Waals surface area contributed by atoms with Crippen molar-refractivity contribution in [1.82, 2.24) is 4.90 Å². The largest absolute Gasteiger partial charge is 0.466 e. The molecule has 0 bridgehead atoms. The molecule has 118 valence electrons. The molecule has 2 atom stereocenters. The Balaban J connectivity index is 1.45. The van der Waals surface area contributed by atoms with Gasteiger partial charge in [0, 0.05) is 24.9 Å². The van der Waals surface area contributed by atoms with Gasteiger partial charge in [0.15, 0.2) is 0 Å². The number of benzene rings is 1. The van der Waals surface area contributed by atoms with Gasteiger partial charge in [0.1, 0.15) is 0 Å². The van der Waals surface area contributed by atoms with Crippen LogP contribution in [0.1, 0.15) is 39.7 Å². The highest BCUT2D eigenvalue weighted by molar-refractivity contribution is 6.51. The summed E-state index contributed by atoms with van der Waals surface area (Å²) in [5.74, 6) is 0.742. The molecule has 4 rings (SSSR count). The second-order valence-corrected chi connectivity index (χ2v) is 8.38. The van der Waals surface area contributed by atoms with Crippen LogP contribution in [0.3, 0.4) is 0 Å². The standard InChI is InChI=1S/C18H26BNO2/c1-16(2)17(3,4)22-19(21-16)18-10-15(18)12-20(13-18)11-14-8-6-5-7-9-14/h5-9,15H,10-13H2,1-4H3. The molecular weight excluding hydrogens is 273 g/mol. The van der Waals surface area contributed by atoms with Crippen LogP contribution in [-0.4, -0.2) is 36.3 Å². The number of fused-ring (bicyclic) bond motifs is 1. The molecule has 0 N–H and O–H groups in total. The van der Waals surface area contributed by atoms with Gasteiger partial charge in [-0.3, -0.25) is 4.90 Å². The van der Waals surface area contributed by atoms with E-state index in [2.05, 4.69) is 62.9 Å². The summed E-state index contributed by atoms with van der Waals surface area (Å²) in [5.41, 5.74) is 0.964. The summed E-state index contributed by atoms with van der Waals surface area (Å²) in [4.78, 5) is 2.56. The first-order chi connectivity index (χ1) is 10.3. The zero-order chi connectivity index (χ0) is 15.6. The highest BCUT2D eigenvalue weighted by Gasteiger charge is 2.72. The Morgan fingerprint density at radius 3 is 2.36 bits per heavy atom. The van der Waals surface area contributed by atoms with Crippen molar-refractivity contribution in [2.75, 3.05) is 13.1 Å².